The van der Waals surface area contributed by atoms with Gasteiger partial charge in [-0.25, -0.2) is 4.39 Å². The summed E-state index contributed by atoms with van der Waals surface area (Å²) >= 11 is 17.9. The van der Waals surface area contributed by atoms with Crippen molar-refractivity contribution in [3.63, 3.8) is 0 Å². The fourth-order valence-electron chi connectivity index (χ4n) is 2.97. The largest absolute Gasteiger partial charge is 0.325 e. The van der Waals surface area contributed by atoms with Crippen molar-refractivity contribution in [2.45, 2.75) is 6.54 Å². The van der Waals surface area contributed by atoms with Crippen LogP contribution < -0.4 is 5.32 Å². The molecule has 0 aromatic heterocycles. The highest BCUT2D eigenvalue weighted by atomic mass is 35.5. The Hall–Kier alpha value is -1.37. The standard InChI is InChI=1S/C19H19Cl3FN3O/c20-14-2-1-13(16(21)9-14)11-25-5-7-26(8-6-25)12-19(27)24-15-3-4-18(23)17(22)10-15/h1-4,9-10H,5-8,11-12H2,(H,24,27). The molecule has 0 bridgehead atoms. The van der Waals surface area contributed by atoms with Crippen LogP contribution in [0.2, 0.25) is 15.1 Å². The van der Waals surface area contributed by atoms with Crippen LogP contribution in [0.25, 0.3) is 0 Å². The van der Waals surface area contributed by atoms with Gasteiger partial charge in [-0.05, 0) is 35.9 Å². The van der Waals surface area contributed by atoms with Crippen molar-refractivity contribution in [1.82, 2.24) is 9.80 Å². The number of hydrogen-bond acceptors (Lipinski definition) is 3. The Kier molecular flexibility index (Phi) is 6.95. The fraction of sp³-hybridized carbons (Fsp3) is 0.316. The van der Waals surface area contributed by atoms with Crippen LogP contribution in [0.4, 0.5) is 10.1 Å². The Morgan fingerprint density at radius 2 is 1.67 bits per heavy atom. The number of nitrogens with one attached hydrogen (secondary N) is 1. The molecule has 0 aliphatic carbocycles. The van der Waals surface area contributed by atoms with Crippen molar-refractivity contribution in [1.29, 1.82) is 0 Å². The molecule has 3 rings (SSSR count). The highest BCUT2D eigenvalue weighted by Gasteiger charge is 2.20. The van der Waals surface area contributed by atoms with Crippen molar-refractivity contribution in [3.05, 3.63) is 62.8 Å². The maximum absolute atomic E-state index is 13.2. The molecule has 1 aliphatic rings. The van der Waals surface area contributed by atoms with Gasteiger partial charge in [0.15, 0.2) is 0 Å². The molecular formula is C19H19Cl3FN3O. The van der Waals surface area contributed by atoms with E-state index in [2.05, 4.69) is 15.1 Å². The van der Waals surface area contributed by atoms with E-state index in [0.29, 0.717) is 15.7 Å². The first kappa shape index (κ1) is 20.4. The third-order valence-corrected chi connectivity index (χ3v) is 5.32. The predicted molar refractivity (Wildman–Crippen MR) is 108 cm³/mol. The number of anilines is 1. The lowest BCUT2D eigenvalue weighted by molar-refractivity contribution is -0.117. The summed E-state index contributed by atoms with van der Waals surface area (Å²) < 4.78 is 13.2. The molecule has 0 spiro atoms. The van der Waals surface area contributed by atoms with Crippen LogP contribution in [0, 0.1) is 5.82 Å². The Balaban J connectivity index is 1.46. The number of carbonyl (C=O) groups is 1. The minimum Gasteiger partial charge on any atom is -0.325 e. The van der Waals surface area contributed by atoms with Crippen LogP contribution in [0.3, 0.4) is 0 Å². The molecule has 27 heavy (non-hydrogen) atoms. The van der Waals surface area contributed by atoms with E-state index in [1.807, 2.05) is 12.1 Å². The van der Waals surface area contributed by atoms with Gasteiger partial charge in [0.05, 0.1) is 11.6 Å². The molecule has 2 aromatic carbocycles. The Morgan fingerprint density at radius 3 is 2.33 bits per heavy atom. The molecule has 0 atom stereocenters. The summed E-state index contributed by atoms with van der Waals surface area (Å²) in [5, 5.41) is 4.03. The zero-order valence-corrected chi connectivity index (χ0v) is 16.8. The average molecular weight is 431 g/mol. The van der Waals surface area contributed by atoms with E-state index >= 15 is 0 Å². The second kappa shape index (κ2) is 9.22. The van der Waals surface area contributed by atoms with Crippen LogP contribution >= 0.6 is 34.8 Å². The number of carbonyl (C=O) groups excluding carboxylic acids is 1. The van der Waals surface area contributed by atoms with E-state index < -0.39 is 5.82 Å². The number of nitrogens with zero attached hydrogens (tertiary/aromatic N) is 2. The van der Waals surface area contributed by atoms with Gasteiger partial charge in [0.25, 0.3) is 0 Å². The first-order chi connectivity index (χ1) is 12.9. The third kappa shape index (κ3) is 5.80. The van der Waals surface area contributed by atoms with Gasteiger partial charge in [0.2, 0.25) is 5.91 Å². The summed E-state index contributed by atoms with van der Waals surface area (Å²) in [6.07, 6.45) is 0. The monoisotopic (exact) mass is 429 g/mol. The molecule has 4 nitrogen and oxygen atoms in total. The molecule has 2 aromatic rings. The van der Waals surface area contributed by atoms with Crippen molar-refractivity contribution >= 4 is 46.4 Å². The van der Waals surface area contributed by atoms with E-state index in [4.69, 9.17) is 34.8 Å². The smallest absolute Gasteiger partial charge is 0.238 e. The number of piperazine rings is 1. The highest BCUT2D eigenvalue weighted by Crippen LogP contribution is 2.23. The van der Waals surface area contributed by atoms with Gasteiger partial charge < -0.3 is 5.32 Å². The normalized spacial score (nSPS) is 15.7. The summed E-state index contributed by atoms with van der Waals surface area (Å²) in [5.74, 6) is -0.654. The van der Waals surface area contributed by atoms with E-state index in [1.165, 1.54) is 18.2 Å². The van der Waals surface area contributed by atoms with Crippen LogP contribution in [0.1, 0.15) is 5.56 Å². The number of halogens is 4. The summed E-state index contributed by atoms with van der Waals surface area (Å²) in [6.45, 7) is 4.28. The molecule has 0 unspecified atom stereocenters. The number of amides is 1. The lowest BCUT2D eigenvalue weighted by atomic mass is 10.2. The van der Waals surface area contributed by atoms with Gasteiger partial charge in [-0.15, -0.1) is 0 Å². The van der Waals surface area contributed by atoms with Gasteiger partial charge in [0, 0.05) is 48.5 Å². The van der Waals surface area contributed by atoms with Crippen molar-refractivity contribution in [2.24, 2.45) is 0 Å². The van der Waals surface area contributed by atoms with E-state index in [0.717, 1.165) is 38.3 Å². The maximum atomic E-state index is 13.2. The first-order valence-corrected chi connectivity index (χ1v) is 9.67. The van der Waals surface area contributed by atoms with Gasteiger partial charge in [0.1, 0.15) is 5.82 Å². The molecule has 8 heteroatoms. The summed E-state index contributed by atoms with van der Waals surface area (Å²) in [6, 6.07) is 9.66. The zero-order chi connectivity index (χ0) is 19.4. The molecule has 1 saturated heterocycles. The fourth-order valence-corrected chi connectivity index (χ4v) is 3.62. The van der Waals surface area contributed by atoms with Crippen molar-refractivity contribution < 1.29 is 9.18 Å². The minimum atomic E-state index is -0.508. The number of benzene rings is 2. The molecule has 0 radical (unpaired) electrons. The van der Waals surface area contributed by atoms with Crippen LogP contribution in [-0.2, 0) is 11.3 Å². The molecule has 1 aliphatic heterocycles. The SMILES string of the molecule is O=C(CN1CCN(Cc2ccc(Cl)cc2Cl)CC1)Nc1ccc(F)c(Cl)c1. The third-order valence-electron chi connectivity index (χ3n) is 4.44. The lowest BCUT2D eigenvalue weighted by Gasteiger charge is -2.34. The topological polar surface area (TPSA) is 35.6 Å². The highest BCUT2D eigenvalue weighted by molar-refractivity contribution is 6.35. The molecule has 144 valence electrons. The molecule has 1 amide bonds. The van der Waals surface area contributed by atoms with E-state index in [-0.39, 0.29) is 17.5 Å². The molecule has 1 fully saturated rings. The summed E-state index contributed by atoms with van der Waals surface area (Å²) in [4.78, 5) is 16.6. The molecule has 0 saturated carbocycles. The maximum Gasteiger partial charge on any atom is 0.238 e. The molecule has 1 heterocycles. The Labute approximate surface area is 172 Å². The average Bonchev–Trinajstić information content (AvgIpc) is 2.62. The van der Waals surface area contributed by atoms with Crippen molar-refractivity contribution in [3.8, 4) is 0 Å². The molecular weight excluding hydrogens is 412 g/mol. The zero-order valence-electron chi connectivity index (χ0n) is 14.5. The van der Waals surface area contributed by atoms with Crippen molar-refractivity contribution in [2.75, 3.05) is 38.0 Å². The summed E-state index contributed by atoms with van der Waals surface area (Å²) in [7, 11) is 0. The van der Waals surface area contributed by atoms with Crippen LogP contribution in [-0.4, -0.2) is 48.4 Å². The van der Waals surface area contributed by atoms with Crippen LogP contribution in [0.15, 0.2) is 36.4 Å². The second-order valence-corrected chi connectivity index (χ2v) is 7.72. The Bertz CT molecular complexity index is 826. The second-order valence-electron chi connectivity index (χ2n) is 6.47. The molecule has 1 N–H and O–H groups in total. The summed E-state index contributed by atoms with van der Waals surface area (Å²) in [5.41, 5.74) is 1.53. The lowest BCUT2D eigenvalue weighted by Crippen LogP contribution is -2.48. The van der Waals surface area contributed by atoms with Gasteiger partial charge in [-0.2, -0.15) is 0 Å². The predicted octanol–water partition coefficient (Wildman–Crippen LogP) is 4.54. The minimum absolute atomic E-state index is 0.0118. The first-order valence-electron chi connectivity index (χ1n) is 8.54. The van der Waals surface area contributed by atoms with Gasteiger partial charge in [-0.3, -0.25) is 14.6 Å². The van der Waals surface area contributed by atoms with Gasteiger partial charge in [-0.1, -0.05) is 40.9 Å². The Morgan fingerprint density at radius 1 is 0.963 bits per heavy atom. The quantitative estimate of drug-likeness (QED) is 0.756. The van der Waals surface area contributed by atoms with Crippen LogP contribution in [0.5, 0.6) is 0 Å². The number of hydrogen-bond donors (Lipinski definition) is 1. The van der Waals surface area contributed by atoms with E-state index in [1.54, 1.807) is 6.07 Å². The van der Waals surface area contributed by atoms with Gasteiger partial charge >= 0.3 is 0 Å². The number of rotatable bonds is 5. The van der Waals surface area contributed by atoms with E-state index in [9.17, 15) is 9.18 Å².